The van der Waals surface area contributed by atoms with Gasteiger partial charge in [0.25, 0.3) is 0 Å². The Morgan fingerprint density at radius 3 is 2.90 bits per heavy atom. The van der Waals surface area contributed by atoms with Gasteiger partial charge in [-0.2, -0.15) is 0 Å². The Morgan fingerprint density at radius 1 is 1.20 bits per heavy atom. The Morgan fingerprint density at radius 2 is 2.10 bits per heavy atom. The fourth-order valence-electron chi connectivity index (χ4n) is 2.40. The van der Waals surface area contributed by atoms with Crippen LogP contribution in [-0.2, 0) is 0 Å². The topological polar surface area (TPSA) is 38.0 Å². The van der Waals surface area contributed by atoms with Gasteiger partial charge in [0.05, 0.1) is 0 Å². The quantitative estimate of drug-likeness (QED) is 0.509. The highest BCUT2D eigenvalue weighted by atomic mass is 14.9. The first kappa shape index (κ1) is 6.62. The van der Waals surface area contributed by atoms with Crippen molar-refractivity contribution in [1.29, 1.82) is 0 Å². The molecular weight excluding hydrogens is 124 g/mol. The molecule has 0 amide bonds. The summed E-state index contributed by atoms with van der Waals surface area (Å²) in [6.45, 7) is 2.39. The van der Waals surface area contributed by atoms with Gasteiger partial charge in [-0.15, -0.1) is 0 Å². The Balaban J connectivity index is 2.03. The van der Waals surface area contributed by atoms with E-state index in [2.05, 4.69) is 5.32 Å². The van der Waals surface area contributed by atoms with Crippen LogP contribution in [0.2, 0.25) is 0 Å². The van der Waals surface area contributed by atoms with Crippen LogP contribution in [0, 0.1) is 11.8 Å². The Hall–Kier alpha value is -0.0800. The summed E-state index contributed by atoms with van der Waals surface area (Å²) in [4.78, 5) is 0. The maximum absolute atomic E-state index is 5.98. The Labute approximate surface area is 62.2 Å². The molecule has 0 aromatic carbocycles. The van der Waals surface area contributed by atoms with E-state index in [-0.39, 0.29) is 0 Å². The first-order valence-electron chi connectivity index (χ1n) is 4.34. The van der Waals surface area contributed by atoms with Crippen molar-refractivity contribution in [2.75, 3.05) is 13.1 Å². The monoisotopic (exact) mass is 140 g/mol. The summed E-state index contributed by atoms with van der Waals surface area (Å²) in [5.74, 6) is 1.71. The normalized spacial score (nSPS) is 47.1. The van der Waals surface area contributed by atoms with Crippen LogP contribution >= 0.6 is 0 Å². The zero-order valence-electron chi connectivity index (χ0n) is 6.34. The predicted octanol–water partition coefficient (Wildman–Crippen LogP) is 0.333. The van der Waals surface area contributed by atoms with E-state index in [1.807, 2.05) is 0 Å². The molecule has 58 valence electrons. The summed E-state index contributed by atoms with van der Waals surface area (Å²) in [6.07, 6.45) is 4.01. The van der Waals surface area contributed by atoms with E-state index in [1.54, 1.807) is 0 Å². The summed E-state index contributed by atoms with van der Waals surface area (Å²) in [6, 6.07) is 0.494. The van der Waals surface area contributed by atoms with E-state index in [1.165, 1.54) is 32.4 Å². The third-order valence-corrected chi connectivity index (χ3v) is 3.05. The molecule has 1 aliphatic heterocycles. The Bertz CT molecular complexity index is 124. The van der Waals surface area contributed by atoms with Gasteiger partial charge in [0.15, 0.2) is 0 Å². The molecule has 1 saturated heterocycles. The van der Waals surface area contributed by atoms with Crippen molar-refractivity contribution in [2.24, 2.45) is 17.6 Å². The van der Waals surface area contributed by atoms with Gasteiger partial charge in [0, 0.05) is 6.04 Å². The Kier molecular flexibility index (Phi) is 1.66. The van der Waals surface area contributed by atoms with Crippen LogP contribution in [0.4, 0.5) is 0 Å². The van der Waals surface area contributed by atoms with E-state index < -0.39 is 0 Å². The van der Waals surface area contributed by atoms with Crippen molar-refractivity contribution in [3.8, 4) is 0 Å². The SMILES string of the molecule is N[C@H]1CCC[C@H]2CNC[C@@H]21. The number of nitrogens with two attached hydrogens (primary N) is 1. The fraction of sp³-hybridized carbons (Fsp3) is 1.00. The summed E-state index contributed by atoms with van der Waals surface area (Å²) in [5.41, 5.74) is 5.98. The fourth-order valence-corrected chi connectivity index (χ4v) is 2.40. The second-order valence-electron chi connectivity index (χ2n) is 3.68. The average Bonchev–Trinajstić information content (AvgIpc) is 2.36. The molecular formula is C8H16N2. The second kappa shape index (κ2) is 2.51. The summed E-state index contributed by atoms with van der Waals surface area (Å²) in [7, 11) is 0. The molecule has 1 heterocycles. The number of nitrogens with one attached hydrogen (secondary N) is 1. The van der Waals surface area contributed by atoms with E-state index in [9.17, 15) is 0 Å². The smallest absolute Gasteiger partial charge is 0.00824 e. The van der Waals surface area contributed by atoms with E-state index in [0.29, 0.717) is 6.04 Å². The van der Waals surface area contributed by atoms with Crippen LogP contribution in [0.1, 0.15) is 19.3 Å². The van der Waals surface area contributed by atoms with Crippen molar-refractivity contribution < 1.29 is 0 Å². The highest BCUT2D eigenvalue weighted by Gasteiger charge is 2.34. The molecule has 2 fully saturated rings. The maximum atomic E-state index is 5.98. The first-order valence-corrected chi connectivity index (χ1v) is 4.34. The summed E-state index contributed by atoms with van der Waals surface area (Å²) < 4.78 is 0. The van der Waals surface area contributed by atoms with Crippen molar-refractivity contribution in [2.45, 2.75) is 25.3 Å². The van der Waals surface area contributed by atoms with Crippen molar-refractivity contribution in [1.82, 2.24) is 5.32 Å². The third-order valence-electron chi connectivity index (χ3n) is 3.05. The lowest BCUT2D eigenvalue weighted by Gasteiger charge is -2.29. The molecule has 2 aliphatic rings. The lowest BCUT2D eigenvalue weighted by Crippen LogP contribution is -2.38. The van der Waals surface area contributed by atoms with Gasteiger partial charge in [-0.25, -0.2) is 0 Å². The van der Waals surface area contributed by atoms with Crippen molar-refractivity contribution >= 4 is 0 Å². The van der Waals surface area contributed by atoms with Gasteiger partial charge in [-0.3, -0.25) is 0 Å². The van der Waals surface area contributed by atoms with Crippen LogP contribution < -0.4 is 11.1 Å². The third kappa shape index (κ3) is 0.956. The molecule has 0 bridgehead atoms. The largest absolute Gasteiger partial charge is 0.327 e. The second-order valence-corrected chi connectivity index (χ2v) is 3.68. The number of hydrogen-bond donors (Lipinski definition) is 2. The van der Waals surface area contributed by atoms with Gasteiger partial charge in [0.2, 0.25) is 0 Å². The van der Waals surface area contributed by atoms with Crippen molar-refractivity contribution in [3.05, 3.63) is 0 Å². The predicted molar refractivity (Wildman–Crippen MR) is 41.7 cm³/mol. The standard InChI is InChI=1S/C8H16N2/c9-8-3-1-2-6-4-10-5-7(6)8/h6-8,10H,1-5,9H2/t6-,7-,8-/m0/s1. The highest BCUT2D eigenvalue weighted by Crippen LogP contribution is 2.31. The zero-order valence-corrected chi connectivity index (χ0v) is 6.34. The number of rotatable bonds is 0. The number of hydrogen-bond acceptors (Lipinski definition) is 2. The van der Waals surface area contributed by atoms with Crippen LogP contribution in [-0.4, -0.2) is 19.1 Å². The number of fused-ring (bicyclic) bond motifs is 1. The van der Waals surface area contributed by atoms with Crippen LogP contribution in [0.3, 0.4) is 0 Å². The van der Waals surface area contributed by atoms with Gasteiger partial charge in [-0.1, -0.05) is 6.42 Å². The molecule has 0 aromatic rings. The zero-order chi connectivity index (χ0) is 6.97. The lowest BCUT2D eigenvalue weighted by molar-refractivity contribution is 0.260. The van der Waals surface area contributed by atoms with Gasteiger partial charge in [-0.05, 0) is 37.8 Å². The molecule has 1 saturated carbocycles. The molecule has 2 rings (SSSR count). The molecule has 10 heavy (non-hydrogen) atoms. The van der Waals surface area contributed by atoms with Crippen LogP contribution in [0.25, 0.3) is 0 Å². The highest BCUT2D eigenvalue weighted by molar-refractivity contribution is 4.91. The molecule has 1 aliphatic carbocycles. The van der Waals surface area contributed by atoms with Gasteiger partial charge < -0.3 is 11.1 Å². The average molecular weight is 140 g/mol. The molecule has 0 spiro atoms. The molecule has 0 aromatic heterocycles. The first-order chi connectivity index (χ1) is 4.88. The maximum Gasteiger partial charge on any atom is 0.00824 e. The minimum absolute atomic E-state index is 0.494. The van der Waals surface area contributed by atoms with Crippen LogP contribution in [0.5, 0.6) is 0 Å². The van der Waals surface area contributed by atoms with E-state index in [0.717, 1.165) is 11.8 Å². The summed E-state index contributed by atoms with van der Waals surface area (Å²) >= 11 is 0. The lowest BCUT2D eigenvalue weighted by atomic mass is 9.78. The summed E-state index contributed by atoms with van der Waals surface area (Å²) in [5, 5.41) is 3.41. The minimum atomic E-state index is 0.494. The van der Waals surface area contributed by atoms with Crippen LogP contribution in [0.15, 0.2) is 0 Å². The van der Waals surface area contributed by atoms with Crippen molar-refractivity contribution in [3.63, 3.8) is 0 Å². The minimum Gasteiger partial charge on any atom is -0.327 e. The van der Waals surface area contributed by atoms with E-state index in [4.69, 9.17) is 5.73 Å². The molecule has 0 radical (unpaired) electrons. The molecule has 2 nitrogen and oxygen atoms in total. The van der Waals surface area contributed by atoms with Gasteiger partial charge >= 0.3 is 0 Å². The van der Waals surface area contributed by atoms with Gasteiger partial charge in [0.1, 0.15) is 0 Å². The molecule has 3 N–H and O–H groups in total. The molecule has 3 atom stereocenters. The molecule has 2 heteroatoms. The molecule has 0 unspecified atom stereocenters. The van der Waals surface area contributed by atoms with E-state index >= 15 is 0 Å².